The quantitative estimate of drug-likeness (QED) is 0.621. The van der Waals surface area contributed by atoms with Gasteiger partial charge in [0.05, 0.1) is 24.3 Å². The molecule has 5 rings (SSSR count). The fraction of sp³-hybridized carbons (Fsp3) is 0.320. The van der Waals surface area contributed by atoms with Gasteiger partial charge >= 0.3 is 5.97 Å². The van der Waals surface area contributed by atoms with Crippen molar-refractivity contribution in [3.63, 3.8) is 0 Å². The number of hydrogen-bond acceptors (Lipinski definition) is 8. The Morgan fingerprint density at radius 2 is 2.14 bits per heavy atom. The van der Waals surface area contributed by atoms with Crippen LogP contribution >= 0.6 is 11.6 Å². The number of nitrogens with one attached hydrogen (secondary N) is 1. The zero-order chi connectivity index (χ0) is 25.4. The summed E-state index contributed by atoms with van der Waals surface area (Å²) in [6.07, 6.45) is 2.29. The smallest absolute Gasteiger partial charge is 0.338 e. The molecule has 0 bridgehead atoms. The molecule has 1 aromatic carbocycles. The number of methoxy groups -OCH3 is 1. The van der Waals surface area contributed by atoms with Gasteiger partial charge in [-0.25, -0.2) is 14.2 Å². The molecule has 2 atom stereocenters. The number of carbonyl (C=O) groups excluding carboxylic acids is 2. The Kier molecular flexibility index (Phi) is 6.55. The lowest BCUT2D eigenvalue weighted by Gasteiger charge is -2.34. The van der Waals surface area contributed by atoms with Gasteiger partial charge in [0.2, 0.25) is 0 Å². The number of likely N-dealkylation sites (tertiary alicyclic amines) is 1. The van der Waals surface area contributed by atoms with Crippen LogP contribution in [0.25, 0.3) is 0 Å². The summed E-state index contributed by atoms with van der Waals surface area (Å²) in [7, 11) is 2.95. The number of piperidine rings is 1. The molecule has 1 amide bonds. The summed E-state index contributed by atoms with van der Waals surface area (Å²) in [5.74, 6) is -0.976. The lowest BCUT2D eigenvalue weighted by Crippen LogP contribution is -2.46. The number of pyridine rings is 1. The molecule has 4 heterocycles. The van der Waals surface area contributed by atoms with Crippen LogP contribution in [0.2, 0.25) is 5.02 Å². The van der Waals surface area contributed by atoms with Crippen LogP contribution in [-0.2, 0) is 14.3 Å². The SMILES string of the molecule is COC(=O)C1=C(CN2CCC3=NN(C)C(=O)C3C2)NC(c2ccccn2)=NC1c1ccc(F)cc1Cl. The molecule has 0 aliphatic carbocycles. The summed E-state index contributed by atoms with van der Waals surface area (Å²) in [6.45, 7) is 1.46. The Bertz CT molecular complexity index is 1310. The van der Waals surface area contributed by atoms with Gasteiger partial charge in [0.1, 0.15) is 17.6 Å². The number of nitrogens with zero attached hydrogens (tertiary/aromatic N) is 5. The fourth-order valence-corrected chi connectivity index (χ4v) is 5.00. The standard InChI is InChI=1S/C25H24ClFN6O3/c1-32-24(34)16-12-33(10-8-18(16)31-32)13-20-21(25(35)36-2)22(15-7-6-14(27)11-17(15)26)30-23(29-20)19-5-3-4-9-28-19/h3-7,9,11,16,22H,8,10,12-13H2,1-2H3,(H,29,30). The first-order valence-corrected chi connectivity index (χ1v) is 11.8. The minimum atomic E-state index is -0.847. The first-order valence-electron chi connectivity index (χ1n) is 11.5. The topological polar surface area (TPSA) is 99.5 Å². The number of halogens is 2. The molecule has 0 radical (unpaired) electrons. The third-order valence-electron chi connectivity index (χ3n) is 6.50. The number of aromatic nitrogens is 1. The van der Waals surface area contributed by atoms with Gasteiger partial charge in [0, 0.05) is 55.6 Å². The minimum absolute atomic E-state index is 0.0415. The predicted octanol–water partition coefficient (Wildman–Crippen LogP) is 2.54. The van der Waals surface area contributed by atoms with E-state index in [0.717, 1.165) is 5.71 Å². The van der Waals surface area contributed by atoms with Crippen LogP contribution in [0, 0.1) is 11.7 Å². The molecule has 0 saturated carbocycles. The Morgan fingerprint density at radius 3 is 2.86 bits per heavy atom. The highest BCUT2D eigenvalue weighted by Gasteiger charge is 2.40. The van der Waals surface area contributed by atoms with Gasteiger partial charge in [-0.1, -0.05) is 23.7 Å². The number of esters is 1. The van der Waals surface area contributed by atoms with Gasteiger partial charge in [-0.3, -0.25) is 19.7 Å². The summed E-state index contributed by atoms with van der Waals surface area (Å²) in [4.78, 5) is 36.9. The van der Waals surface area contributed by atoms with Crippen LogP contribution in [-0.4, -0.2) is 72.1 Å². The third kappa shape index (κ3) is 4.49. The minimum Gasteiger partial charge on any atom is -0.466 e. The first-order chi connectivity index (χ1) is 17.4. The Balaban J connectivity index is 1.55. The average molecular weight is 511 g/mol. The van der Waals surface area contributed by atoms with Crippen LogP contribution in [0.3, 0.4) is 0 Å². The van der Waals surface area contributed by atoms with E-state index in [9.17, 15) is 14.0 Å². The Labute approximate surface area is 212 Å². The zero-order valence-corrected chi connectivity index (χ0v) is 20.5. The monoisotopic (exact) mass is 510 g/mol. The Hall–Kier alpha value is -3.63. The van der Waals surface area contributed by atoms with Crippen LogP contribution in [0.1, 0.15) is 23.7 Å². The second-order valence-electron chi connectivity index (χ2n) is 8.76. The summed E-state index contributed by atoms with van der Waals surface area (Å²) in [5, 5.41) is 9.16. The summed E-state index contributed by atoms with van der Waals surface area (Å²) in [5.41, 5.74) is 2.74. The maximum Gasteiger partial charge on any atom is 0.338 e. The second-order valence-corrected chi connectivity index (χ2v) is 9.17. The number of hydrazone groups is 1. The molecule has 186 valence electrons. The van der Waals surface area contributed by atoms with Crippen molar-refractivity contribution >= 4 is 35.0 Å². The van der Waals surface area contributed by atoms with E-state index in [2.05, 4.69) is 20.3 Å². The van der Waals surface area contributed by atoms with Gasteiger partial charge in [-0.2, -0.15) is 5.10 Å². The largest absolute Gasteiger partial charge is 0.466 e. The van der Waals surface area contributed by atoms with E-state index in [1.54, 1.807) is 25.4 Å². The number of amides is 1. The number of benzene rings is 1. The van der Waals surface area contributed by atoms with Crippen molar-refractivity contribution in [3.8, 4) is 0 Å². The van der Waals surface area contributed by atoms with E-state index >= 15 is 0 Å². The molecule has 1 saturated heterocycles. The number of ether oxygens (including phenoxy) is 1. The lowest BCUT2D eigenvalue weighted by molar-refractivity contribution is -0.136. The molecule has 2 unspecified atom stereocenters. The molecule has 36 heavy (non-hydrogen) atoms. The fourth-order valence-electron chi connectivity index (χ4n) is 4.73. The average Bonchev–Trinajstić information content (AvgIpc) is 3.16. The van der Waals surface area contributed by atoms with E-state index in [1.807, 2.05) is 6.07 Å². The predicted molar refractivity (Wildman–Crippen MR) is 132 cm³/mol. The normalized spacial score (nSPS) is 22.1. The number of hydrogen-bond donors (Lipinski definition) is 1. The van der Waals surface area contributed by atoms with Crippen molar-refractivity contribution in [2.24, 2.45) is 16.0 Å². The summed E-state index contributed by atoms with van der Waals surface area (Å²) in [6, 6.07) is 8.56. The number of aliphatic imine (C=N–C) groups is 1. The highest BCUT2D eigenvalue weighted by molar-refractivity contribution is 6.31. The molecule has 1 N–H and O–H groups in total. The number of amidine groups is 1. The number of rotatable bonds is 5. The van der Waals surface area contributed by atoms with Gasteiger partial charge in [0.15, 0.2) is 5.84 Å². The first kappa shape index (κ1) is 24.1. The van der Waals surface area contributed by atoms with E-state index in [1.165, 1.54) is 30.3 Å². The molecule has 2 aromatic rings. The number of fused-ring (bicyclic) bond motifs is 1. The van der Waals surface area contributed by atoms with Crippen LogP contribution in [0.4, 0.5) is 4.39 Å². The summed E-state index contributed by atoms with van der Waals surface area (Å²) >= 11 is 6.41. The van der Waals surface area contributed by atoms with Crippen molar-refractivity contribution in [3.05, 3.63) is 76.0 Å². The van der Waals surface area contributed by atoms with Gasteiger partial charge in [-0.05, 0) is 24.3 Å². The van der Waals surface area contributed by atoms with Crippen molar-refractivity contribution in [1.29, 1.82) is 0 Å². The highest BCUT2D eigenvalue weighted by Crippen LogP contribution is 2.37. The number of carbonyl (C=O) groups is 2. The van der Waals surface area contributed by atoms with Gasteiger partial charge in [0.25, 0.3) is 5.91 Å². The molecule has 11 heteroatoms. The van der Waals surface area contributed by atoms with E-state index in [-0.39, 0.29) is 22.4 Å². The van der Waals surface area contributed by atoms with E-state index in [4.69, 9.17) is 21.3 Å². The molecule has 0 spiro atoms. The molecular formula is C25H24ClFN6O3. The molecule has 3 aliphatic heterocycles. The second kappa shape index (κ2) is 9.79. The summed E-state index contributed by atoms with van der Waals surface area (Å²) < 4.78 is 19.0. The van der Waals surface area contributed by atoms with Crippen LogP contribution < -0.4 is 5.32 Å². The van der Waals surface area contributed by atoms with Gasteiger partial charge in [-0.15, -0.1) is 0 Å². The zero-order valence-electron chi connectivity index (χ0n) is 19.7. The third-order valence-corrected chi connectivity index (χ3v) is 6.83. The van der Waals surface area contributed by atoms with Gasteiger partial charge < -0.3 is 10.1 Å². The van der Waals surface area contributed by atoms with Crippen molar-refractivity contribution in [2.45, 2.75) is 12.5 Å². The molecule has 1 fully saturated rings. The van der Waals surface area contributed by atoms with Crippen molar-refractivity contribution in [2.75, 3.05) is 33.8 Å². The van der Waals surface area contributed by atoms with E-state index < -0.39 is 17.8 Å². The molecule has 1 aromatic heterocycles. The lowest BCUT2D eigenvalue weighted by atomic mass is 9.93. The van der Waals surface area contributed by atoms with Crippen molar-refractivity contribution < 1.29 is 18.7 Å². The maximum absolute atomic E-state index is 13.8. The Morgan fingerprint density at radius 1 is 1.31 bits per heavy atom. The van der Waals surface area contributed by atoms with E-state index in [0.29, 0.717) is 48.8 Å². The van der Waals surface area contributed by atoms with Crippen molar-refractivity contribution in [1.82, 2.24) is 20.2 Å². The molecule has 9 nitrogen and oxygen atoms in total. The van der Waals surface area contributed by atoms with Crippen LogP contribution in [0.5, 0.6) is 0 Å². The van der Waals surface area contributed by atoms with Crippen LogP contribution in [0.15, 0.2) is 64.0 Å². The maximum atomic E-state index is 13.8. The molecule has 3 aliphatic rings. The molecular weight excluding hydrogens is 487 g/mol. The highest BCUT2D eigenvalue weighted by atomic mass is 35.5.